The molecule has 1 saturated heterocycles. The van der Waals surface area contributed by atoms with Crippen LogP contribution in [0.3, 0.4) is 0 Å². The van der Waals surface area contributed by atoms with Crippen molar-refractivity contribution in [1.82, 2.24) is 4.31 Å². The van der Waals surface area contributed by atoms with Gasteiger partial charge in [-0.15, -0.1) is 13.2 Å². The van der Waals surface area contributed by atoms with Crippen molar-refractivity contribution >= 4 is 21.6 Å². The summed E-state index contributed by atoms with van der Waals surface area (Å²) < 4.78 is 79.3. The molecule has 8 nitrogen and oxygen atoms in total. The van der Waals surface area contributed by atoms with E-state index < -0.39 is 28.0 Å². The first-order chi connectivity index (χ1) is 15.1. The zero-order valence-corrected chi connectivity index (χ0v) is 17.8. The van der Waals surface area contributed by atoms with Crippen LogP contribution < -0.4 is 14.8 Å². The molecular formula is C20H21F3N2O6S. The quantitative estimate of drug-likeness (QED) is 0.663. The SMILES string of the molecule is COc1ccc(CC(=O)Nc2ccccc2OC(F)(F)F)cc1S(=O)(=O)N1CCOCC1. The summed E-state index contributed by atoms with van der Waals surface area (Å²) >= 11 is 0. The van der Waals surface area contributed by atoms with Crippen molar-refractivity contribution in [3.63, 3.8) is 0 Å². The molecule has 1 aliphatic heterocycles. The van der Waals surface area contributed by atoms with Crippen molar-refractivity contribution in [2.75, 3.05) is 38.7 Å². The van der Waals surface area contributed by atoms with Crippen LogP contribution in [-0.4, -0.2) is 58.4 Å². The molecule has 1 heterocycles. The highest BCUT2D eigenvalue weighted by Gasteiger charge is 2.32. The summed E-state index contributed by atoms with van der Waals surface area (Å²) in [6.45, 7) is 0.907. The highest BCUT2D eigenvalue weighted by Crippen LogP contribution is 2.31. The maximum absolute atomic E-state index is 13.0. The minimum absolute atomic E-state index is 0.104. The molecule has 0 saturated carbocycles. The third-order valence-corrected chi connectivity index (χ3v) is 6.49. The molecule has 0 atom stereocenters. The van der Waals surface area contributed by atoms with E-state index in [0.717, 1.165) is 6.07 Å². The van der Waals surface area contributed by atoms with E-state index >= 15 is 0 Å². The smallest absolute Gasteiger partial charge is 0.495 e. The number of rotatable bonds is 7. The number of hydrogen-bond donors (Lipinski definition) is 1. The van der Waals surface area contributed by atoms with Crippen molar-refractivity contribution in [2.45, 2.75) is 17.7 Å². The maximum Gasteiger partial charge on any atom is 0.573 e. The van der Waals surface area contributed by atoms with Gasteiger partial charge in [0.1, 0.15) is 10.6 Å². The third-order valence-electron chi connectivity index (χ3n) is 4.57. The second-order valence-electron chi connectivity index (χ2n) is 6.77. The van der Waals surface area contributed by atoms with Gasteiger partial charge in [0.2, 0.25) is 15.9 Å². The highest BCUT2D eigenvalue weighted by molar-refractivity contribution is 7.89. The minimum atomic E-state index is -4.92. The summed E-state index contributed by atoms with van der Waals surface area (Å²) in [4.78, 5) is 12.4. The molecule has 1 N–H and O–H groups in total. The molecule has 0 aromatic heterocycles. The van der Waals surface area contributed by atoms with Gasteiger partial charge in [-0.1, -0.05) is 18.2 Å². The molecule has 0 spiro atoms. The van der Waals surface area contributed by atoms with Crippen molar-refractivity contribution in [3.05, 3.63) is 48.0 Å². The number of anilines is 1. The number of nitrogens with zero attached hydrogens (tertiary/aromatic N) is 1. The number of alkyl halides is 3. The molecule has 0 unspecified atom stereocenters. The van der Waals surface area contributed by atoms with Gasteiger partial charge in [0.15, 0.2) is 5.75 Å². The Labute approximate surface area is 182 Å². The summed E-state index contributed by atoms with van der Waals surface area (Å²) in [5.41, 5.74) is 0.175. The number of carbonyl (C=O) groups is 1. The number of hydrogen-bond acceptors (Lipinski definition) is 6. The number of halogens is 3. The Morgan fingerprint density at radius 1 is 1.12 bits per heavy atom. The van der Waals surface area contributed by atoms with Gasteiger partial charge in [-0.3, -0.25) is 4.79 Å². The van der Waals surface area contributed by atoms with Crippen molar-refractivity contribution < 1.29 is 40.6 Å². The number of methoxy groups -OCH3 is 1. The van der Waals surface area contributed by atoms with Gasteiger partial charge in [-0.05, 0) is 29.8 Å². The third kappa shape index (κ3) is 5.90. The normalized spacial score (nSPS) is 15.2. The lowest BCUT2D eigenvalue weighted by Crippen LogP contribution is -2.40. The fourth-order valence-corrected chi connectivity index (χ4v) is 4.74. The van der Waals surface area contributed by atoms with Crippen LogP contribution in [0.5, 0.6) is 11.5 Å². The van der Waals surface area contributed by atoms with Crippen LogP contribution in [0.25, 0.3) is 0 Å². The van der Waals surface area contributed by atoms with Gasteiger partial charge in [0, 0.05) is 13.1 Å². The van der Waals surface area contributed by atoms with Gasteiger partial charge >= 0.3 is 6.36 Å². The zero-order chi connectivity index (χ0) is 23.4. The zero-order valence-electron chi connectivity index (χ0n) is 17.0. The van der Waals surface area contributed by atoms with E-state index in [1.165, 1.54) is 47.8 Å². The summed E-state index contributed by atoms with van der Waals surface area (Å²) in [5.74, 6) is -1.09. The molecule has 0 bridgehead atoms. The average molecular weight is 474 g/mol. The molecule has 0 aliphatic carbocycles. The first kappa shape index (κ1) is 23.8. The van der Waals surface area contributed by atoms with Gasteiger partial charge in [-0.25, -0.2) is 8.42 Å². The van der Waals surface area contributed by atoms with E-state index in [0.29, 0.717) is 5.56 Å². The lowest BCUT2D eigenvalue weighted by atomic mass is 10.1. The topological polar surface area (TPSA) is 94.2 Å². The van der Waals surface area contributed by atoms with Crippen LogP contribution in [0.1, 0.15) is 5.56 Å². The Morgan fingerprint density at radius 3 is 2.47 bits per heavy atom. The number of para-hydroxylation sites is 2. The summed E-state index contributed by atoms with van der Waals surface area (Å²) in [6, 6.07) is 9.37. The van der Waals surface area contributed by atoms with E-state index in [1.54, 1.807) is 0 Å². The van der Waals surface area contributed by atoms with Crippen LogP contribution in [0.15, 0.2) is 47.4 Å². The number of morpholine rings is 1. The minimum Gasteiger partial charge on any atom is -0.495 e. The lowest BCUT2D eigenvalue weighted by molar-refractivity contribution is -0.274. The van der Waals surface area contributed by atoms with Crippen molar-refractivity contribution in [2.24, 2.45) is 0 Å². The number of ether oxygens (including phenoxy) is 3. The predicted molar refractivity (Wildman–Crippen MR) is 108 cm³/mol. The number of carbonyl (C=O) groups excluding carboxylic acids is 1. The largest absolute Gasteiger partial charge is 0.573 e. The number of benzene rings is 2. The molecule has 174 valence electrons. The van der Waals surface area contributed by atoms with E-state index in [-0.39, 0.29) is 49.1 Å². The first-order valence-corrected chi connectivity index (χ1v) is 10.9. The summed E-state index contributed by atoms with van der Waals surface area (Å²) in [5, 5.41) is 2.36. The van der Waals surface area contributed by atoms with Crippen molar-refractivity contribution in [3.8, 4) is 11.5 Å². The molecular weight excluding hydrogens is 453 g/mol. The van der Waals surface area contributed by atoms with Crippen LogP contribution in [-0.2, 0) is 26.0 Å². The fourth-order valence-electron chi connectivity index (χ4n) is 3.12. The Kier molecular flexibility index (Phi) is 7.26. The molecule has 1 amide bonds. The first-order valence-electron chi connectivity index (χ1n) is 9.49. The molecule has 0 radical (unpaired) electrons. The summed E-state index contributed by atoms with van der Waals surface area (Å²) in [6.07, 6.45) is -5.20. The molecule has 3 rings (SSSR count). The molecule has 2 aromatic carbocycles. The van der Waals surface area contributed by atoms with Gasteiger partial charge < -0.3 is 19.5 Å². The Morgan fingerprint density at radius 2 is 1.81 bits per heavy atom. The average Bonchev–Trinajstić information content (AvgIpc) is 2.74. The molecule has 1 fully saturated rings. The fraction of sp³-hybridized carbons (Fsp3) is 0.350. The lowest BCUT2D eigenvalue weighted by Gasteiger charge is -2.26. The predicted octanol–water partition coefficient (Wildman–Crippen LogP) is 2.80. The van der Waals surface area contributed by atoms with E-state index in [4.69, 9.17) is 9.47 Å². The molecule has 32 heavy (non-hydrogen) atoms. The Hall–Kier alpha value is -2.83. The maximum atomic E-state index is 13.0. The second-order valence-corrected chi connectivity index (χ2v) is 8.68. The van der Waals surface area contributed by atoms with Crippen LogP contribution in [0.4, 0.5) is 18.9 Å². The monoisotopic (exact) mass is 474 g/mol. The molecule has 2 aromatic rings. The van der Waals surface area contributed by atoms with E-state index in [2.05, 4.69) is 10.1 Å². The van der Waals surface area contributed by atoms with Crippen LogP contribution in [0.2, 0.25) is 0 Å². The number of sulfonamides is 1. The molecule has 12 heteroatoms. The van der Waals surface area contributed by atoms with E-state index in [1.807, 2.05) is 0 Å². The van der Waals surface area contributed by atoms with E-state index in [9.17, 15) is 26.4 Å². The van der Waals surface area contributed by atoms with Gasteiger partial charge in [-0.2, -0.15) is 4.31 Å². The Bertz CT molecular complexity index is 1070. The standard InChI is InChI=1S/C20H21F3N2O6S/c1-29-17-7-6-14(12-18(17)32(27,28)25-8-10-30-11-9-25)13-19(26)24-15-4-2-3-5-16(15)31-20(21,22)23/h2-7,12H,8-11,13H2,1H3,(H,24,26). The van der Waals surface area contributed by atoms with Gasteiger partial charge in [0.05, 0.1) is 32.4 Å². The molecule has 1 aliphatic rings. The Balaban J connectivity index is 1.80. The van der Waals surface area contributed by atoms with Crippen molar-refractivity contribution in [1.29, 1.82) is 0 Å². The van der Waals surface area contributed by atoms with Gasteiger partial charge in [0.25, 0.3) is 0 Å². The van der Waals surface area contributed by atoms with Crippen LogP contribution >= 0.6 is 0 Å². The number of nitrogens with one attached hydrogen (secondary N) is 1. The van der Waals surface area contributed by atoms with Crippen LogP contribution in [0, 0.1) is 0 Å². The second kappa shape index (κ2) is 9.76. The highest BCUT2D eigenvalue weighted by atomic mass is 32.2. The summed E-state index contributed by atoms with van der Waals surface area (Å²) in [7, 11) is -2.57. The number of amides is 1.